The van der Waals surface area contributed by atoms with Crippen molar-refractivity contribution in [3.63, 3.8) is 0 Å². The third kappa shape index (κ3) is 6.60. The molecule has 0 aromatic heterocycles. The smallest absolute Gasteiger partial charge is 0.224 e. The summed E-state index contributed by atoms with van der Waals surface area (Å²) in [6.07, 6.45) is 8.98. The minimum Gasteiger partial charge on any atom is -0.504 e. The maximum absolute atomic E-state index is 12.3. The van der Waals surface area contributed by atoms with Gasteiger partial charge in [0.05, 0.1) is 13.5 Å². The van der Waals surface area contributed by atoms with E-state index in [-0.39, 0.29) is 11.7 Å². The molecule has 1 aromatic carbocycles. The number of phenolic OH excluding ortho intramolecular Hbond substituents is 1. The molecule has 0 saturated heterocycles. The molecule has 0 atom stereocenters. The van der Waals surface area contributed by atoms with Crippen molar-refractivity contribution >= 4 is 5.91 Å². The van der Waals surface area contributed by atoms with Gasteiger partial charge in [-0.25, -0.2) is 0 Å². The summed E-state index contributed by atoms with van der Waals surface area (Å²) in [6.45, 7) is 4.58. The van der Waals surface area contributed by atoms with E-state index in [9.17, 15) is 9.90 Å². The summed E-state index contributed by atoms with van der Waals surface area (Å²) in [6, 6.07) is 5.38. The third-order valence-electron chi connectivity index (χ3n) is 5.21. The van der Waals surface area contributed by atoms with Gasteiger partial charge in [0.15, 0.2) is 11.5 Å². The van der Waals surface area contributed by atoms with Crippen LogP contribution in [0.25, 0.3) is 0 Å². The van der Waals surface area contributed by atoms with Gasteiger partial charge in [0.2, 0.25) is 5.91 Å². The Labute approximate surface area is 152 Å². The number of benzene rings is 1. The monoisotopic (exact) mass is 347 g/mol. The maximum atomic E-state index is 12.3. The molecule has 1 saturated carbocycles. The molecule has 4 nitrogen and oxygen atoms in total. The second-order valence-electron chi connectivity index (χ2n) is 7.79. The molecule has 0 bridgehead atoms. The zero-order chi connectivity index (χ0) is 18.2. The molecule has 1 aliphatic carbocycles. The standard InChI is InChI=1S/C21H33NO3/c1-15(2)5-4-6-16-7-10-18(11-8-16)22-21(24)14-17-9-12-19(23)20(13-17)25-3/h9,12-13,15-16,18,23H,4-8,10-11,14H2,1-3H3,(H,22,24). The quantitative estimate of drug-likeness (QED) is 0.730. The lowest BCUT2D eigenvalue weighted by Crippen LogP contribution is -2.38. The van der Waals surface area contributed by atoms with Gasteiger partial charge in [-0.2, -0.15) is 0 Å². The fourth-order valence-electron chi connectivity index (χ4n) is 3.71. The lowest BCUT2D eigenvalue weighted by atomic mass is 9.82. The van der Waals surface area contributed by atoms with Crippen LogP contribution in [0.2, 0.25) is 0 Å². The van der Waals surface area contributed by atoms with Crippen LogP contribution in [0.5, 0.6) is 11.5 Å². The van der Waals surface area contributed by atoms with Gasteiger partial charge in [-0.3, -0.25) is 4.79 Å². The van der Waals surface area contributed by atoms with Gasteiger partial charge >= 0.3 is 0 Å². The molecular formula is C21H33NO3. The molecule has 0 unspecified atom stereocenters. The molecule has 1 aliphatic rings. The van der Waals surface area contributed by atoms with Gasteiger partial charge in [-0.1, -0.05) is 39.2 Å². The highest BCUT2D eigenvalue weighted by atomic mass is 16.5. The number of amides is 1. The molecule has 140 valence electrons. The highest BCUT2D eigenvalue weighted by Crippen LogP contribution is 2.29. The van der Waals surface area contributed by atoms with Gasteiger partial charge in [0.1, 0.15) is 0 Å². The molecule has 1 amide bonds. The van der Waals surface area contributed by atoms with Gasteiger partial charge in [0.25, 0.3) is 0 Å². The van der Waals surface area contributed by atoms with Crippen LogP contribution in [0.3, 0.4) is 0 Å². The summed E-state index contributed by atoms with van der Waals surface area (Å²) < 4.78 is 5.09. The molecule has 0 heterocycles. The van der Waals surface area contributed by atoms with Crippen LogP contribution in [0, 0.1) is 11.8 Å². The lowest BCUT2D eigenvalue weighted by Gasteiger charge is -2.29. The van der Waals surface area contributed by atoms with E-state index in [1.165, 1.54) is 39.2 Å². The molecule has 0 spiro atoms. The molecule has 25 heavy (non-hydrogen) atoms. The van der Waals surface area contributed by atoms with Crippen LogP contribution in [0.1, 0.15) is 64.4 Å². The maximum Gasteiger partial charge on any atom is 0.224 e. The first-order chi connectivity index (χ1) is 12.0. The van der Waals surface area contributed by atoms with Crippen molar-refractivity contribution in [3.8, 4) is 11.5 Å². The molecule has 1 fully saturated rings. The number of aromatic hydroxyl groups is 1. The van der Waals surface area contributed by atoms with E-state index in [4.69, 9.17) is 4.74 Å². The van der Waals surface area contributed by atoms with E-state index in [2.05, 4.69) is 19.2 Å². The summed E-state index contributed by atoms with van der Waals surface area (Å²) in [5.74, 6) is 2.20. The van der Waals surface area contributed by atoms with Crippen molar-refractivity contribution in [2.45, 2.75) is 71.3 Å². The molecule has 2 N–H and O–H groups in total. The number of ether oxygens (including phenoxy) is 1. The summed E-state index contributed by atoms with van der Waals surface area (Å²) in [7, 11) is 1.51. The number of methoxy groups -OCH3 is 1. The molecule has 1 aromatic rings. The number of hydrogen-bond donors (Lipinski definition) is 2. The Kier molecular flexibility index (Phi) is 7.60. The Balaban J connectivity index is 1.71. The van der Waals surface area contributed by atoms with E-state index < -0.39 is 0 Å². The molecule has 0 aliphatic heterocycles. The number of nitrogens with one attached hydrogen (secondary N) is 1. The highest BCUT2D eigenvalue weighted by Gasteiger charge is 2.22. The Hall–Kier alpha value is -1.71. The largest absolute Gasteiger partial charge is 0.504 e. The summed E-state index contributed by atoms with van der Waals surface area (Å²) >= 11 is 0. The van der Waals surface area contributed by atoms with Crippen molar-refractivity contribution in [2.75, 3.05) is 7.11 Å². The lowest BCUT2D eigenvalue weighted by molar-refractivity contribution is -0.121. The second-order valence-corrected chi connectivity index (χ2v) is 7.79. The Morgan fingerprint density at radius 1 is 1.28 bits per heavy atom. The van der Waals surface area contributed by atoms with E-state index >= 15 is 0 Å². The van der Waals surface area contributed by atoms with Gasteiger partial charge in [0, 0.05) is 6.04 Å². The van der Waals surface area contributed by atoms with E-state index in [0.717, 1.165) is 30.2 Å². The zero-order valence-electron chi connectivity index (χ0n) is 15.9. The first-order valence-corrected chi connectivity index (χ1v) is 9.63. The number of rotatable bonds is 8. The SMILES string of the molecule is COc1cc(CC(=O)NC2CCC(CCCC(C)C)CC2)ccc1O. The van der Waals surface area contributed by atoms with Crippen molar-refractivity contribution in [1.29, 1.82) is 0 Å². The van der Waals surface area contributed by atoms with Crippen LogP contribution < -0.4 is 10.1 Å². The van der Waals surface area contributed by atoms with Crippen LogP contribution >= 0.6 is 0 Å². The Bertz CT molecular complexity index is 548. The van der Waals surface area contributed by atoms with Crippen molar-refractivity contribution in [2.24, 2.45) is 11.8 Å². The predicted molar refractivity (Wildman–Crippen MR) is 101 cm³/mol. The summed E-state index contributed by atoms with van der Waals surface area (Å²) in [4.78, 5) is 12.3. The van der Waals surface area contributed by atoms with Crippen LogP contribution in [-0.2, 0) is 11.2 Å². The third-order valence-corrected chi connectivity index (χ3v) is 5.21. The van der Waals surface area contributed by atoms with E-state index in [1.54, 1.807) is 18.2 Å². The normalized spacial score (nSPS) is 20.5. The van der Waals surface area contributed by atoms with Gasteiger partial charge in [-0.05, 0) is 55.2 Å². The van der Waals surface area contributed by atoms with Gasteiger partial charge in [-0.15, -0.1) is 0 Å². The van der Waals surface area contributed by atoms with Crippen LogP contribution in [0.4, 0.5) is 0 Å². The minimum atomic E-state index is 0.0519. The van der Waals surface area contributed by atoms with Crippen molar-refractivity contribution in [3.05, 3.63) is 23.8 Å². The summed E-state index contributed by atoms with van der Waals surface area (Å²) in [5.41, 5.74) is 0.856. The average Bonchev–Trinajstić information content (AvgIpc) is 2.58. The van der Waals surface area contributed by atoms with Crippen molar-refractivity contribution in [1.82, 2.24) is 5.32 Å². The topological polar surface area (TPSA) is 58.6 Å². The van der Waals surface area contributed by atoms with E-state index in [0.29, 0.717) is 18.2 Å². The van der Waals surface area contributed by atoms with Crippen LogP contribution in [0.15, 0.2) is 18.2 Å². The number of carbonyl (C=O) groups is 1. The van der Waals surface area contributed by atoms with Crippen LogP contribution in [-0.4, -0.2) is 24.2 Å². The fourth-order valence-corrected chi connectivity index (χ4v) is 3.71. The fraction of sp³-hybridized carbons (Fsp3) is 0.667. The number of carbonyl (C=O) groups excluding carboxylic acids is 1. The minimum absolute atomic E-state index is 0.0519. The number of phenols is 1. The predicted octanol–water partition coefficient (Wildman–Crippen LogP) is 4.44. The Morgan fingerprint density at radius 2 is 2.00 bits per heavy atom. The first kappa shape index (κ1) is 19.6. The highest BCUT2D eigenvalue weighted by molar-refractivity contribution is 5.79. The van der Waals surface area contributed by atoms with Crippen molar-refractivity contribution < 1.29 is 14.6 Å². The average molecular weight is 347 g/mol. The van der Waals surface area contributed by atoms with Gasteiger partial charge < -0.3 is 15.2 Å². The Morgan fingerprint density at radius 3 is 2.64 bits per heavy atom. The number of hydrogen-bond acceptors (Lipinski definition) is 3. The molecule has 0 radical (unpaired) electrons. The summed E-state index contributed by atoms with van der Waals surface area (Å²) in [5, 5.41) is 12.8. The molecular weight excluding hydrogens is 314 g/mol. The zero-order valence-corrected chi connectivity index (χ0v) is 15.9. The first-order valence-electron chi connectivity index (χ1n) is 9.63. The molecule has 2 rings (SSSR count). The van der Waals surface area contributed by atoms with E-state index in [1.807, 2.05) is 0 Å². The second kappa shape index (κ2) is 9.69. The molecule has 4 heteroatoms.